The van der Waals surface area contributed by atoms with Gasteiger partial charge in [-0.15, -0.1) is 0 Å². The van der Waals surface area contributed by atoms with Gasteiger partial charge >= 0.3 is 0 Å². The van der Waals surface area contributed by atoms with Gasteiger partial charge in [-0.05, 0) is 36.0 Å². The van der Waals surface area contributed by atoms with Crippen LogP contribution < -0.4 is 5.32 Å². The molecule has 0 bridgehead atoms. The molecule has 16 heavy (non-hydrogen) atoms. The molecule has 0 heterocycles. The van der Waals surface area contributed by atoms with Crippen LogP contribution in [-0.4, -0.2) is 12.5 Å². The summed E-state index contributed by atoms with van der Waals surface area (Å²) in [4.78, 5) is 11.8. The minimum atomic E-state index is 0.0363. The fourth-order valence-corrected chi connectivity index (χ4v) is 1.90. The summed E-state index contributed by atoms with van der Waals surface area (Å²) in [7, 11) is 0. The van der Waals surface area contributed by atoms with Crippen molar-refractivity contribution in [2.24, 2.45) is 5.41 Å². The van der Waals surface area contributed by atoms with Gasteiger partial charge in [0.05, 0.1) is 0 Å². The lowest BCUT2D eigenvalue weighted by Gasteiger charge is -2.10. The molecule has 0 radical (unpaired) electrons. The van der Waals surface area contributed by atoms with Gasteiger partial charge in [0.1, 0.15) is 0 Å². The second-order valence-corrected chi connectivity index (χ2v) is 5.38. The molecule has 3 heteroatoms. The molecule has 0 atom stereocenters. The maximum Gasteiger partial charge on any atom is 0.251 e. The average molecular weight is 282 g/mol. The molecule has 1 N–H and O–H groups in total. The number of carbonyl (C=O) groups is 1. The Labute approximate surface area is 105 Å². The van der Waals surface area contributed by atoms with E-state index in [1.54, 1.807) is 0 Å². The second kappa shape index (κ2) is 4.58. The summed E-state index contributed by atoms with van der Waals surface area (Å²) in [5.74, 6) is 0.0363. The van der Waals surface area contributed by atoms with Crippen LogP contribution in [0.2, 0.25) is 0 Å². The Balaban J connectivity index is 1.92. The van der Waals surface area contributed by atoms with Crippen LogP contribution >= 0.6 is 15.9 Å². The van der Waals surface area contributed by atoms with E-state index in [-0.39, 0.29) is 5.91 Å². The summed E-state index contributed by atoms with van der Waals surface area (Å²) in [6, 6.07) is 7.70. The van der Waals surface area contributed by atoms with Gasteiger partial charge in [0.25, 0.3) is 5.91 Å². The fraction of sp³-hybridized carbons (Fsp3) is 0.462. The third-order valence-electron chi connectivity index (χ3n) is 3.15. The Hall–Kier alpha value is -0.830. The molecule has 0 unspecified atom stereocenters. The lowest BCUT2D eigenvalue weighted by molar-refractivity contribution is 0.0946. The minimum Gasteiger partial charge on any atom is -0.351 e. The molecule has 1 aliphatic rings. The smallest absolute Gasteiger partial charge is 0.251 e. The van der Waals surface area contributed by atoms with Crippen molar-refractivity contribution in [2.75, 3.05) is 6.54 Å². The van der Waals surface area contributed by atoms with Gasteiger partial charge in [0.15, 0.2) is 0 Å². The lowest BCUT2D eigenvalue weighted by atomic mass is 10.1. The number of hydrogen-bond donors (Lipinski definition) is 1. The van der Waals surface area contributed by atoms with E-state index >= 15 is 0 Å². The van der Waals surface area contributed by atoms with Crippen molar-refractivity contribution < 1.29 is 4.79 Å². The first kappa shape index (κ1) is 11.6. The fourth-order valence-electron chi connectivity index (χ4n) is 1.53. The van der Waals surface area contributed by atoms with Crippen molar-refractivity contribution in [1.82, 2.24) is 5.32 Å². The number of amides is 1. The summed E-state index contributed by atoms with van der Waals surface area (Å²) in [5, 5.41) is 3.81. The summed E-state index contributed by atoms with van der Waals surface area (Å²) < 4.78 is 0. The molecule has 1 amide bonds. The van der Waals surface area contributed by atoms with Crippen molar-refractivity contribution in [1.29, 1.82) is 0 Å². The van der Waals surface area contributed by atoms with Crippen LogP contribution in [0.5, 0.6) is 0 Å². The van der Waals surface area contributed by atoms with E-state index in [4.69, 9.17) is 0 Å². The van der Waals surface area contributed by atoms with E-state index < -0.39 is 0 Å². The monoisotopic (exact) mass is 281 g/mol. The Morgan fingerprint density at radius 1 is 1.38 bits per heavy atom. The number of nitrogens with one attached hydrogen (secondary N) is 1. The highest BCUT2D eigenvalue weighted by molar-refractivity contribution is 9.08. The normalized spacial score (nSPS) is 16.9. The van der Waals surface area contributed by atoms with Crippen LogP contribution in [0.1, 0.15) is 35.7 Å². The van der Waals surface area contributed by atoms with Crippen LogP contribution in [0.4, 0.5) is 0 Å². The van der Waals surface area contributed by atoms with Crippen LogP contribution in [0, 0.1) is 5.41 Å². The first-order valence-corrected chi connectivity index (χ1v) is 6.68. The van der Waals surface area contributed by atoms with Crippen molar-refractivity contribution >= 4 is 21.8 Å². The quantitative estimate of drug-likeness (QED) is 0.845. The van der Waals surface area contributed by atoms with Crippen molar-refractivity contribution in [2.45, 2.75) is 25.1 Å². The Morgan fingerprint density at radius 3 is 2.50 bits per heavy atom. The maximum atomic E-state index is 11.8. The molecule has 1 aromatic rings. The molecule has 86 valence electrons. The van der Waals surface area contributed by atoms with Gasteiger partial charge < -0.3 is 5.32 Å². The molecule has 0 spiro atoms. The highest BCUT2D eigenvalue weighted by atomic mass is 79.9. The Kier molecular flexibility index (Phi) is 3.33. The maximum absolute atomic E-state index is 11.8. The molecule has 0 saturated heterocycles. The number of rotatable bonds is 4. The van der Waals surface area contributed by atoms with E-state index in [1.807, 2.05) is 24.3 Å². The summed E-state index contributed by atoms with van der Waals surface area (Å²) in [5.41, 5.74) is 2.30. The summed E-state index contributed by atoms with van der Waals surface area (Å²) in [6.07, 6.45) is 2.46. The van der Waals surface area contributed by atoms with E-state index in [0.717, 1.165) is 17.4 Å². The topological polar surface area (TPSA) is 29.1 Å². The van der Waals surface area contributed by atoms with E-state index in [9.17, 15) is 4.79 Å². The van der Waals surface area contributed by atoms with Gasteiger partial charge in [-0.1, -0.05) is 35.0 Å². The van der Waals surface area contributed by atoms with Crippen molar-refractivity contribution in [3.05, 3.63) is 35.4 Å². The van der Waals surface area contributed by atoms with Crippen molar-refractivity contribution in [3.63, 3.8) is 0 Å². The van der Waals surface area contributed by atoms with E-state index in [2.05, 4.69) is 28.2 Å². The molecule has 2 nitrogen and oxygen atoms in total. The van der Waals surface area contributed by atoms with Crippen LogP contribution in [-0.2, 0) is 5.33 Å². The standard InChI is InChI=1S/C13H16BrNO/c1-13(6-7-13)9-15-12(16)11-4-2-10(8-14)3-5-11/h2-5H,6-9H2,1H3,(H,15,16). The van der Waals surface area contributed by atoms with Crippen molar-refractivity contribution in [3.8, 4) is 0 Å². The minimum absolute atomic E-state index is 0.0363. The van der Waals surface area contributed by atoms with Crippen LogP contribution in [0.25, 0.3) is 0 Å². The van der Waals surface area contributed by atoms with Crippen LogP contribution in [0.15, 0.2) is 24.3 Å². The van der Waals surface area contributed by atoms with E-state index in [1.165, 1.54) is 18.4 Å². The zero-order chi connectivity index (χ0) is 11.6. The first-order valence-electron chi connectivity index (χ1n) is 5.56. The second-order valence-electron chi connectivity index (χ2n) is 4.82. The molecule has 1 aliphatic carbocycles. The van der Waals surface area contributed by atoms with Gasteiger partial charge in [-0.3, -0.25) is 4.79 Å². The van der Waals surface area contributed by atoms with Gasteiger partial charge in [-0.2, -0.15) is 0 Å². The Morgan fingerprint density at radius 2 is 2.00 bits per heavy atom. The number of hydrogen-bond acceptors (Lipinski definition) is 1. The number of halogens is 1. The third kappa shape index (κ3) is 2.85. The first-order chi connectivity index (χ1) is 7.63. The molecule has 1 fully saturated rings. The highest BCUT2D eigenvalue weighted by Crippen LogP contribution is 2.44. The number of benzene rings is 1. The predicted octanol–water partition coefficient (Wildman–Crippen LogP) is 3.11. The number of carbonyl (C=O) groups excluding carboxylic acids is 1. The van der Waals surface area contributed by atoms with Crippen LogP contribution in [0.3, 0.4) is 0 Å². The number of alkyl halides is 1. The Bertz CT molecular complexity index is 381. The average Bonchev–Trinajstić information content (AvgIpc) is 3.05. The molecule has 1 aromatic carbocycles. The zero-order valence-electron chi connectivity index (χ0n) is 9.42. The third-order valence-corrected chi connectivity index (χ3v) is 3.80. The molecular formula is C13H16BrNO. The van der Waals surface area contributed by atoms with Gasteiger partial charge in [0.2, 0.25) is 0 Å². The van der Waals surface area contributed by atoms with Gasteiger partial charge in [-0.25, -0.2) is 0 Å². The summed E-state index contributed by atoms with van der Waals surface area (Å²) in [6.45, 7) is 3.01. The summed E-state index contributed by atoms with van der Waals surface area (Å²) >= 11 is 3.38. The highest BCUT2D eigenvalue weighted by Gasteiger charge is 2.37. The SMILES string of the molecule is CC1(CNC(=O)c2ccc(CBr)cc2)CC1. The van der Waals surface area contributed by atoms with E-state index in [0.29, 0.717) is 5.41 Å². The zero-order valence-corrected chi connectivity index (χ0v) is 11.0. The largest absolute Gasteiger partial charge is 0.351 e. The molecular weight excluding hydrogens is 266 g/mol. The molecule has 0 aromatic heterocycles. The van der Waals surface area contributed by atoms with Gasteiger partial charge in [0, 0.05) is 17.4 Å². The molecule has 2 rings (SSSR count). The molecule has 1 saturated carbocycles. The predicted molar refractivity (Wildman–Crippen MR) is 68.7 cm³/mol. The molecule has 0 aliphatic heterocycles. The lowest BCUT2D eigenvalue weighted by Crippen LogP contribution is -2.28.